The number of carbonyl (C=O) groups is 5. The molecule has 4 amide bonds. The standard InChI is InChI=1S/C53H59N7O10.C2H6/c1-8-49(62)58-51(32(2)3)52(64)56-28-50(63)57-38-14-10-33(11-15-38)35-20-39(59(4)29-35)26-54-43-24-47(45(67-6)22-37(43)31-61)69-18-9-19-70-48-25-44-42(23-46(48)68-7)53(65)60-30-36(21-40(60)27-55-44)34-12-16-41(66-5)17-13-34;1-2/h10-17,22-27,29-32,39-40,51H,8-9,18-21,28H2,1-7H3,(H,56,64)(H,57,63)(H,58,62);1-2H3. The molecule has 0 fully saturated rings. The summed E-state index contributed by atoms with van der Waals surface area (Å²) in [5, 5.41) is 8.11. The van der Waals surface area contributed by atoms with Crippen LogP contribution in [0.15, 0.2) is 95.2 Å². The van der Waals surface area contributed by atoms with Gasteiger partial charge in [-0.25, -0.2) is 0 Å². The van der Waals surface area contributed by atoms with E-state index in [-0.39, 0.29) is 56.0 Å². The highest BCUT2D eigenvalue weighted by Crippen LogP contribution is 2.40. The number of hydrogen-bond donors (Lipinski definition) is 3. The monoisotopic (exact) mass is 983 g/mol. The molecular formula is C55H65N7O10. The Bertz CT molecular complexity index is 2710. The Kier molecular flexibility index (Phi) is 18.7. The van der Waals surface area contributed by atoms with Crippen LogP contribution in [-0.4, -0.2) is 118 Å². The number of benzene rings is 4. The highest BCUT2D eigenvalue weighted by molar-refractivity contribution is 6.05. The average Bonchev–Trinajstić information content (AvgIpc) is 3.98. The Morgan fingerprint density at radius 1 is 0.819 bits per heavy atom. The van der Waals surface area contributed by atoms with Gasteiger partial charge < -0.3 is 49.4 Å². The van der Waals surface area contributed by atoms with Crippen LogP contribution in [0.25, 0.3) is 11.1 Å². The summed E-state index contributed by atoms with van der Waals surface area (Å²) in [5.41, 5.74) is 6.28. The second kappa shape index (κ2) is 25.3. The molecule has 380 valence electrons. The molecular weight excluding hydrogens is 919 g/mol. The van der Waals surface area contributed by atoms with Gasteiger partial charge in [-0.2, -0.15) is 0 Å². The van der Waals surface area contributed by atoms with Crippen molar-refractivity contribution in [2.24, 2.45) is 15.9 Å². The molecule has 17 nitrogen and oxygen atoms in total. The number of aldehydes is 1. The van der Waals surface area contributed by atoms with E-state index in [1.165, 1.54) is 14.2 Å². The third kappa shape index (κ3) is 13.1. The number of rotatable bonds is 21. The minimum atomic E-state index is -0.735. The van der Waals surface area contributed by atoms with Crippen molar-refractivity contribution in [1.29, 1.82) is 0 Å². The predicted octanol–water partition coefficient (Wildman–Crippen LogP) is 8.42. The minimum absolute atomic E-state index is 0.112. The van der Waals surface area contributed by atoms with E-state index in [9.17, 15) is 24.0 Å². The second-order valence-corrected chi connectivity index (χ2v) is 17.3. The molecule has 4 aromatic rings. The highest BCUT2D eigenvalue weighted by Gasteiger charge is 2.34. The summed E-state index contributed by atoms with van der Waals surface area (Å²) in [5.74, 6) is 1.02. The van der Waals surface area contributed by atoms with Crippen molar-refractivity contribution in [3.63, 3.8) is 0 Å². The lowest BCUT2D eigenvalue weighted by Gasteiger charge is -2.21. The smallest absolute Gasteiger partial charge is 0.260 e. The van der Waals surface area contributed by atoms with E-state index < -0.39 is 17.9 Å². The summed E-state index contributed by atoms with van der Waals surface area (Å²) in [4.78, 5) is 76.4. The average molecular weight is 984 g/mol. The van der Waals surface area contributed by atoms with Gasteiger partial charge >= 0.3 is 0 Å². The summed E-state index contributed by atoms with van der Waals surface area (Å²) in [6.45, 7) is 9.63. The van der Waals surface area contributed by atoms with Crippen molar-refractivity contribution >= 4 is 70.6 Å². The first-order valence-corrected chi connectivity index (χ1v) is 24.1. The van der Waals surface area contributed by atoms with Gasteiger partial charge in [-0.15, -0.1) is 0 Å². The fraction of sp³-hybridized carbons (Fsp3) is 0.364. The number of methoxy groups -OCH3 is 3. The number of aliphatic imine (C=N–C) groups is 2. The van der Waals surface area contributed by atoms with E-state index in [0.717, 1.165) is 34.3 Å². The van der Waals surface area contributed by atoms with Gasteiger partial charge in [0.25, 0.3) is 5.91 Å². The Morgan fingerprint density at radius 2 is 1.46 bits per heavy atom. The van der Waals surface area contributed by atoms with Crippen molar-refractivity contribution in [2.75, 3.05) is 53.5 Å². The molecule has 7 rings (SSSR count). The fourth-order valence-electron chi connectivity index (χ4n) is 8.18. The summed E-state index contributed by atoms with van der Waals surface area (Å²) in [6, 6.07) is 20.7. The molecule has 72 heavy (non-hydrogen) atoms. The fourth-order valence-corrected chi connectivity index (χ4v) is 8.18. The minimum Gasteiger partial charge on any atom is -0.497 e. The molecule has 0 saturated heterocycles. The Hall–Kier alpha value is -7.95. The van der Waals surface area contributed by atoms with E-state index in [0.29, 0.717) is 70.4 Å². The molecule has 0 aromatic heterocycles. The largest absolute Gasteiger partial charge is 0.497 e. The maximum Gasteiger partial charge on any atom is 0.260 e. The van der Waals surface area contributed by atoms with Crippen LogP contribution in [-0.2, 0) is 14.4 Å². The van der Waals surface area contributed by atoms with Gasteiger partial charge in [-0.1, -0.05) is 58.9 Å². The van der Waals surface area contributed by atoms with Gasteiger partial charge in [0.1, 0.15) is 11.8 Å². The first-order valence-electron chi connectivity index (χ1n) is 24.1. The van der Waals surface area contributed by atoms with E-state index in [1.807, 2.05) is 88.4 Å². The van der Waals surface area contributed by atoms with Crippen LogP contribution in [0.1, 0.15) is 92.1 Å². The third-order valence-corrected chi connectivity index (χ3v) is 12.2. The quantitative estimate of drug-likeness (QED) is 0.0412. The molecule has 3 N–H and O–H groups in total. The van der Waals surface area contributed by atoms with E-state index >= 15 is 0 Å². The van der Waals surface area contributed by atoms with Crippen LogP contribution >= 0.6 is 0 Å². The molecule has 17 heteroatoms. The number of ether oxygens (including phenoxy) is 5. The summed E-state index contributed by atoms with van der Waals surface area (Å²) in [6.07, 6.45) is 10.2. The molecule has 0 bridgehead atoms. The van der Waals surface area contributed by atoms with Gasteiger partial charge in [-0.3, -0.25) is 34.0 Å². The van der Waals surface area contributed by atoms with Crippen LogP contribution in [0.4, 0.5) is 17.1 Å². The number of anilines is 1. The third-order valence-electron chi connectivity index (χ3n) is 12.2. The molecule has 3 unspecified atom stereocenters. The van der Waals surface area contributed by atoms with Crippen LogP contribution in [0.2, 0.25) is 0 Å². The lowest BCUT2D eigenvalue weighted by Crippen LogP contribution is -2.50. The van der Waals surface area contributed by atoms with E-state index in [4.69, 9.17) is 33.7 Å². The zero-order valence-electron chi connectivity index (χ0n) is 42.4. The van der Waals surface area contributed by atoms with Crippen LogP contribution in [0.5, 0.6) is 28.7 Å². The van der Waals surface area contributed by atoms with Gasteiger partial charge in [0.15, 0.2) is 29.3 Å². The Morgan fingerprint density at radius 3 is 2.08 bits per heavy atom. The molecule has 0 aliphatic carbocycles. The lowest BCUT2D eigenvalue weighted by atomic mass is 10.0. The van der Waals surface area contributed by atoms with Gasteiger partial charge in [-0.05, 0) is 71.0 Å². The molecule has 3 aliphatic rings. The SMILES string of the molecule is CC.CCC(=O)NC(C(=O)NCC(=O)Nc1ccc(C2=CN(C)C(C=Nc3cc(OCCCOc4cc5c(cc4OC)C(=O)N4C=C(c6ccc(OC)cc6)CC4C=N5)c(OC)cc3C=O)C2)cc1)C(C)C. The van der Waals surface area contributed by atoms with Crippen molar-refractivity contribution in [2.45, 2.75) is 78.4 Å². The zero-order chi connectivity index (χ0) is 51.9. The molecule has 4 aromatic carbocycles. The molecule has 0 saturated carbocycles. The van der Waals surface area contributed by atoms with Gasteiger partial charge in [0.2, 0.25) is 17.7 Å². The molecule has 3 aliphatic heterocycles. The normalized spacial score (nSPS) is 16.1. The highest BCUT2D eigenvalue weighted by atomic mass is 16.5. The maximum absolute atomic E-state index is 13.8. The Balaban J connectivity index is 0.00000418. The number of carbonyl (C=O) groups excluding carboxylic acids is 5. The van der Waals surface area contributed by atoms with Gasteiger partial charge in [0, 0.05) is 74.5 Å². The van der Waals surface area contributed by atoms with E-state index in [2.05, 4.69) is 16.0 Å². The van der Waals surface area contributed by atoms with Crippen LogP contribution < -0.4 is 39.6 Å². The Labute approximate surface area is 421 Å². The molecule has 3 atom stereocenters. The second-order valence-electron chi connectivity index (χ2n) is 17.3. The van der Waals surface area contributed by atoms with Crippen molar-refractivity contribution < 1.29 is 47.7 Å². The van der Waals surface area contributed by atoms with Crippen molar-refractivity contribution in [3.8, 4) is 28.7 Å². The van der Waals surface area contributed by atoms with Crippen LogP contribution in [0.3, 0.4) is 0 Å². The zero-order valence-corrected chi connectivity index (χ0v) is 42.4. The molecule has 3 heterocycles. The first-order chi connectivity index (χ1) is 34.8. The van der Waals surface area contributed by atoms with Crippen LogP contribution in [0, 0.1) is 5.92 Å². The van der Waals surface area contributed by atoms with E-state index in [1.54, 1.807) is 67.8 Å². The summed E-state index contributed by atoms with van der Waals surface area (Å²) >= 11 is 0. The number of fused-ring (bicyclic) bond motifs is 2. The summed E-state index contributed by atoms with van der Waals surface area (Å²) < 4.78 is 28.8. The van der Waals surface area contributed by atoms with Crippen molar-refractivity contribution in [3.05, 3.63) is 107 Å². The maximum atomic E-state index is 13.8. The predicted molar refractivity (Wildman–Crippen MR) is 279 cm³/mol. The molecule has 0 radical (unpaired) electrons. The number of amides is 4. The number of nitrogens with one attached hydrogen (secondary N) is 3. The first kappa shape index (κ1) is 53.4. The topological polar surface area (TPSA) is 199 Å². The molecule has 0 spiro atoms. The van der Waals surface area contributed by atoms with Crippen molar-refractivity contribution in [1.82, 2.24) is 20.4 Å². The van der Waals surface area contributed by atoms with Gasteiger partial charge in [0.05, 0.1) is 70.1 Å². The number of nitrogens with zero attached hydrogens (tertiary/aromatic N) is 4. The summed E-state index contributed by atoms with van der Waals surface area (Å²) in [7, 11) is 6.60. The number of hydrogen-bond acceptors (Lipinski definition) is 13. The lowest BCUT2D eigenvalue weighted by molar-refractivity contribution is -0.130.